The van der Waals surface area contributed by atoms with Gasteiger partial charge in [0.25, 0.3) is 0 Å². The van der Waals surface area contributed by atoms with Crippen molar-refractivity contribution in [3.8, 4) is 33.3 Å². The molecule has 394 valence electrons. The summed E-state index contributed by atoms with van der Waals surface area (Å²) in [6.07, 6.45) is 7.88. The first-order chi connectivity index (χ1) is 36.3. The van der Waals surface area contributed by atoms with Gasteiger partial charge in [0, 0.05) is 93.7 Å². The van der Waals surface area contributed by atoms with Crippen LogP contribution >= 0.6 is 11.3 Å². The van der Waals surface area contributed by atoms with Gasteiger partial charge in [0.05, 0.1) is 51.8 Å². The molecule has 9 heterocycles. The number of hydrogen-bond acceptors (Lipinski definition) is 17. The summed E-state index contributed by atoms with van der Waals surface area (Å²) in [6.45, 7) is 11.0. The molecule has 2 bridgehead atoms. The number of ether oxygens (including phenoxy) is 2. The fourth-order valence-electron chi connectivity index (χ4n) is 11.8. The summed E-state index contributed by atoms with van der Waals surface area (Å²) in [7, 11) is 0. The molecule has 0 radical (unpaired) electrons. The third-order valence-electron chi connectivity index (χ3n) is 16.0. The van der Waals surface area contributed by atoms with Gasteiger partial charge in [-0.3, -0.25) is 9.59 Å². The number of carbonyl (C=O) groups excluding carboxylic acids is 2. The number of β-amino-alcohol motifs (C(OH)–C–C–N with tert-alkyl or cyclic N) is 1. The summed E-state index contributed by atoms with van der Waals surface area (Å²) < 4.78 is 19.0. The van der Waals surface area contributed by atoms with Crippen LogP contribution in [0.15, 0.2) is 89.0 Å². The Kier molecular flexibility index (Phi) is 14.4. The van der Waals surface area contributed by atoms with E-state index in [2.05, 4.69) is 57.5 Å². The number of aliphatic hydroxyl groups excluding tert-OH is 1. The highest BCUT2D eigenvalue weighted by atomic mass is 32.1. The SMILES string of the molecule is Cc1ncsc1-c1ccc([C@H](C)NC(=O)[C@@H]2C[C@@H](O)CN2C(=O)C(c2cc(N3CCC(OC4CC(Oc5cc(N6CC7CCCC6CN7c6cc(-c7ccccc7O)nnc6N)ccn5)C4)CC3)no2)C(C)C)cc1. The number of aromatic hydroxyl groups is 1. The second-order valence-corrected chi connectivity index (χ2v) is 22.2. The summed E-state index contributed by atoms with van der Waals surface area (Å²) in [4.78, 5) is 46.9. The highest BCUT2D eigenvalue weighted by molar-refractivity contribution is 7.13. The average molecular weight is 1040 g/mol. The number of phenols is 1. The number of nitrogen functional groups attached to an aromatic ring is 1. The van der Waals surface area contributed by atoms with E-state index < -0.39 is 18.1 Å². The number of thiazole rings is 1. The average Bonchev–Trinajstić information content (AvgIpc) is 4.09. The summed E-state index contributed by atoms with van der Waals surface area (Å²) in [5, 5.41) is 37.5. The van der Waals surface area contributed by atoms with Crippen molar-refractivity contribution in [1.82, 2.24) is 35.5 Å². The molecule has 2 aromatic carbocycles. The first kappa shape index (κ1) is 50.3. The quantitative estimate of drug-likeness (QED) is 0.0775. The van der Waals surface area contributed by atoms with Gasteiger partial charge in [-0.15, -0.1) is 21.5 Å². The van der Waals surface area contributed by atoms with Gasteiger partial charge in [-0.25, -0.2) is 9.97 Å². The number of amides is 2. The number of aryl methyl sites for hydroxylation is 1. The zero-order valence-electron chi connectivity index (χ0n) is 43.0. The number of piperidine rings is 1. The summed E-state index contributed by atoms with van der Waals surface area (Å²) in [5.41, 5.74) is 14.5. The lowest BCUT2D eigenvalue weighted by Crippen LogP contribution is -2.57. The van der Waals surface area contributed by atoms with E-state index in [1.165, 1.54) is 4.90 Å². The van der Waals surface area contributed by atoms with Crippen LogP contribution in [0.3, 0.4) is 0 Å². The zero-order valence-corrected chi connectivity index (χ0v) is 43.8. The van der Waals surface area contributed by atoms with Crippen molar-refractivity contribution in [3.63, 3.8) is 0 Å². The molecule has 1 saturated carbocycles. The number of para-hydroxylation sites is 1. The molecule has 6 fully saturated rings. The lowest BCUT2D eigenvalue weighted by Gasteiger charge is -2.46. The van der Waals surface area contributed by atoms with Crippen LogP contribution in [0.1, 0.15) is 101 Å². The minimum Gasteiger partial charge on any atom is -0.507 e. The van der Waals surface area contributed by atoms with Crippen LogP contribution in [0, 0.1) is 12.8 Å². The number of aromatic nitrogens is 5. The van der Waals surface area contributed by atoms with Gasteiger partial charge in [0.2, 0.25) is 17.7 Å². The number of benzene rings is 2. The van der Waals surface area contributed by atoms with E-state index in [1.807, 2.05) is 87.9 Å². The molecule has 75 heavy (non-hydrogen) atoms. The first-order valence-corrected chi connectivity index (χ1v) is 27.4. The Labute approximate surface area is 441 Å². The molecule has 3 unspecified atom stereocenters. The van der Waals surface area contributed by atoms with Gasteiger partial charge in [-0.2, -0.15) is 0 Å². The van der Waals surface area contributed by atoms with Crippen LogP contribution in [-0.2, 0) is 14.3 Å². The molecule has 4 aromatic heterocycles. The second-order valence-electron chi connectivity index (χ2n) is 21.4. The predicted molar refractivity (Wildman–Crippen MR) is 287 cm³/mol. The van der Waals surface area contributed by atoms with Crippen LogP contribution in [0.2, 0.25) is 0 Å². The summed E-state index contributed by atoms with van der Waals surface area (Å²) >= 11 is 1.59. The maximum absolute atomic E-state index is 14.4. The Morgan fingerprint density at radius 2 is 1.63 bits per heavy atom. The molecule has 5 saturated heterocycles. The molecule has 5 N–H and O–H groups in total. The van der Waals surface area contributed by atoms with Gasteiger partial charge >= 0.3 is 0 Å². The topological polar surface area (TPSA) is 222 Å². The number of rotatable bonds is 15. The van der Waals surface area contributed by atoms with E-state index in [0.717, 1.165) is 104 Å². The molecule has 0 spiro atoms. The number of pyridine rings is 1. The van der Waals surface area contributed by atoms with E-state index in [4.69, 9.17) is 19.7 Å². The third-order valence-corrected chi connectivity index (χ3v) is 17.0. The molecule has 6 atom stereocenters. The van der Waals surface area contributed by atoms with Gasteiger partial charge in [-0.05, 0) is 87.3 Å². The van der Waals surface area contributed by atoms with Crippen molar-refractivity contribution >= 4 is 46.2 Å². The van der Waals surface area contributed by atoms with E-state index in [0.29, 0.717) is 34.5 Å². The third kappa shape index (κ3) is 10.6. The first-order valence-electron chi connectivity index (χ1n) is 26.6. The number of aliphatic hydroxyl groups is 1. The van der Waals surface area contributed by atoms with Gasteiger partial charge in [0.1, 0.15) is 23.8 Å². The number of phenolic OH excluding ortho intramolecular Hbond substituents is 1. The molecule has 2 amide bonds. The molecule has 19 heteroatoms. The van der Waals surface area contributed by atoms with Crippen molar-refractivity contribution in [2.75, 3.05) is 53.2 Å². The van der Waals surface area contributed by atoms with Crippen molar-refractivity contribution in [2.45, 2.75) is 134 Å². The standard InChI is InChI=1S/C56H67N11O7S/c1-32(2)52(56(71)67-30-40(68)23-47(67)55(70)60-33(3)35-12-14-36(15-13-35)53-34(4)59-31-75-53)49-27-50(63-74-49)64-20-17-41(18-21-64)72-42-24-43(25-42)73-51-22-37(16-19-58-51)65-28-39-9-7-8-38(65)29-66(39)46-26-45(61-62-54(46)57)44-10-5-6-11-48(44)69/h5-6,10-16,19,22,26-27,31-33,38-43,47,52,68-69H,7-9,17-18,20-21,23-25,28-30H2,1-4H3,(H2,57,62)(H,60,70)/t33-,38?,39?,40+,42?,43?,47-,52?/m0/s1. The van der Waals surface area contributed by atoms with Crippen molar-refractivity contribution in [1.29, 1.82) is 0 Å². The van der Waals surface area contributed by atoms with E-state index >= 15 is 0 Å². The Balaban J connectivity index is 0.646. The minimum atomic E-state index is -0.817. The lowest BCUT2D eigenvalue weighted by molar-refractivity contribution is -0.141. The largest absolute Gasteiger partial charge is 0.507 e. The molecule has 12 rings (SSSR count). The second kappa shape index (κ2) is 21.4. The Hall–Kier alpha value is -6.83. The predicted octanol–water partition coefficient (Wildman–Crippen LogP) is 7.67. The molecule has 6 aliphatic rings. The van der Waals surface area contributed by atoms with Crippen molar-refractivity contribution < 1.29 is 33.8 Å². The molecule has 18 nitrogen and oxygen atoms in total. The number of anilines is 4. The zero-order chi connectivity index (χ0) is 51.9. The molecule has 6 aromatic rings. The van der Waals surface area contributed by atoms with Crippen LogP contribution in [0.25, 0.3) is 21.7 Å². The van der Waals surface area contributed by atoms with E-state index in [9.17, 15) is 19.8 Å². The molecule has 5 aliphatic heterocycles. The van der Waals surface area contributed by atoms with Crippen molar-refractivity contribution in [3.05, 3.63) is 102 Å². The maximum Gasteiger partial charge on any atom is 0.243 e. The van der Waals surface area contributed by atoms with E-state index in [1.54, 1.807) is 23.5 Å². The highest BCUT2D eigenvalue weighted by Crippen LogP contribution is 2.40. The van der Waals surface area contributed by atoms with Crippen molar-refractivity contribution in [2.24, 2.45) is 5.92 Å². The summed E-state index contributed by atoms with van der Waals surface area (Å²) in [6, 6.07) is 22.6. The van der Waals surface area contributed by atoms with Gasteiger partial charge in [0.15, 0.2) is 17.4 Å². The highest BCUT2D eigenvalue weighted by Gasteiger charge is 2.44. The number of hydrogen-bond donors (Lipinski definition) is 4. The molecule has 1 aliphatic carbocycles. The Morgan fingerprint density at radius 3 is 2.37 bits per heavy atom. The fraction of sp³-hybridized carbons (Fsp3) is 0.482. The fourth-order valence-corrected chi connectivity index (χ4v) is 12.6. The number of nitrogens with zero attached hydrogens (tertiary/aromatic N) is 9. The van der Waals surface area contributed by atoms with Gasteiger partial charge < -0.3 is 54.9 Å². The summed E-state index contributed by atoms with van der Waals surface area (Å²) in [5.74, 6) is 0.903. The maximum atomic E-state index is 14.4. The van der Waals surface area contributed by atoms with Crippen LogP contribution in [-0.4, -0.2) is 128 Å². The Morgan fingerprint density at radius 1 is 0.867 bits per heavy atom. The number of nitrogens with one attached hydrogen (secondary N) is 1. The van der Waals surface area contributed by atoms with Crippen LogP contribution in [0.5, 0.6) is 11.6 Å². The number of piperazine rings is 1. The number of nitrogens with two attached hydrogens (primary N) is 1. The van der Waals surface area contributed by atoms with Crippen LogP contribution in [0.4, 0.5) is 23.0 Å². The number of fused-ring (bicyclic) bond motifs is 4. The molecular formula is C56H67N11O7S. The smallest absolute Gasteiger partial charge is 0.243 e. The monoisotopic (exact) mass is 1040 g/mol. The van der Waals surface area contributed by atoms with Gasteiger partial charge in [-0.1, -0.05) is 55.4 Å². The lowest BCUT2D eigenvalue weighted by atomic mass is 9.91. The van der Waals surface area contributed by atoms with Crippen LogP contribution < -0.4 is 30.5 Å². The number of carbonyl (C=O) groups is 2. The van der Waals surface area contributed by atoms with E-state index in [-0.39, 0.29) is 72.9 Å². The normalized spacial score (nSPS) is 23.8. The number of likely N-dealkylation sites (tertiary alicyclic amines) is 1. The molecular weight excluding hydrogens is 971 g/mol. The minimum absolute atomic E-state index is 0.0270. The Bertz CT molecular complexity index is 2970.